The van der Waals surface area contributed by atoms with Crippen molar-refractivity contribution in [1.82, 2.24) is 0 Å². The van der Waals surface area contributed by atoms with E-state index in [1.807, 2.05) is 6.07 Å². The van der Waals surface area contributed by atoms with Crippen LogP contribution in [0, 0.1) is 0 Å². The molecule has 0 aliphatic heterocycles. The number of hydrogen-bond acceptors (Lipinski definition) is 2. The van der Waals surface area contributed by atoms with Crippen molar-refractivity contribution in [2.75, 3.05) is 4.90 Å². The monoisotopic (exact) mass is 811 g/mol. The lowest BCUT2D eigenvalue weighted by molar-refractivity contribution is 0.669. The minimum absolute atomic E-state index is 0.900. The molecule has 296 valence electrons. The van der Waals surface area contributed by atoms with E-state index in [0.29, 0.717) is 0 Å². The summed E-state index contributed by atoms with van der Waals surface area (Å²) in [5.74, 6) is 0. The van der Waals surface area contributed by atoms with E-state index in [1.54, 1.807) is 0 Å². The molecule has 0 spiro atoms. The van der Waals surface area contributed by atoms with Crippen LogP contribution in [0.15, 0.2) is 229 Å². The SMILES string of the molecule is c1ccc2cc(-c3ccc(N(c4ccc(-c5cccc6oc7ccccc7c56)cc4)c4cc5ccc6cccc7c8cccc9ccc%10cccc(c(c4)c5c67)c%10c98)cc3)ccc2c1. The predicted molar refractivity (Wildman–Crippen MR) is 273 cm³/mol. The topological polar surface area (TPSA) is 16.4 Å². The van der Waals surface area contributed by atoms with Crippen LogP contribution < -0.4 is 4.90 Å². The molecule has 2 nitrogen and oxygen atoms in total. The van der Waals surface area contributed by atoms with Crippen molar-refractivity contribution in [3.8, 4) is 22.3 Å². The third-order valence-corrected chi connectivity index (χ3v) is 13.7. The number of hydrogen-bond donors (Lipinski definition) is 0. The maximum Gasteiger partial charge on any atom is 0.136 e. The van der Waals surface area contributed by atoms with Crippen LogP contribution in [0.4, 0.5) is 17.1 Å². The zero-order chi connectivity index (χ0) is 41.9. The molecule has 0 radical (unpaired) electrons. The van der Waals surface area contributed by atoms with Gasteiger partial charge in [-0.3, -0.25) is 0 Å². The van der Waals surface area contributed by atoms with E-state index in [9.17, 15) is 0 Å². The van der Waals surface area contributed by atoms with E-state index < -0.39 is 0 Å². The van der Waals surface area contributed by atoms with Gasteiger partial charge in [0.1, 0.15) is 11.2 Å². The lowest BCUT2D eigenvalue weighted by atomic mass is 9.87. The van der Waals surface area contributed by atoms with Crippen LogP contribution in [0.2, 0.25) is 0 Å². The molecule has 0 aliphatic carbocycles. The largest absolute Gasteiger partial charge is 0.456 e. The fraction of sp³-hybridized carbons (Fsp3) is 0. The second-order valence-corrected chi connectivity index (χ2v) is 17.2. The van der Waals surface area contributed by atoms with Crippen LogP contribution in [0.25, 0.3) is 120 Å². The molecule has 0 bridgehead atoms. The van der Waals surface area contributed by atoms with Crippen LogP contribution in [0.1, 0.15) is 0 Å². The maximum absolute atomic E-state index is 6.31. The molecule has 0 amide bonds. The Bertz CT molecular complexity index is 4170. The van der Waals surface area contributed by atoms with Crippen molar-refractivity contribution in [2.24, 2.45) is 0 Å². The highest BCUT2D eigenvalue weighted by molar-refractivity contribution is 6.37. The van der Waals surface area contributed by atoms with Gasteiger partial charge >= 0.3 is 0 Å². The average molecular weight is 812 g/mol. The molecule has 0 fully saturated rings. The van der Waals surface area contributed by atoms with Gasteiger partial charge in [-0.25, -0.2) is 0 Å². The molecule has 1 heterocycles. The van der Waals surface area contributed by atoms with E-state index in [4.69, 9.17) is 4.42 Å². The van der Waals surface area contributed by atoms with Gasteiger partial charge in [-0.1, -0.05) is 170 Å². The van der Waals surface area contributed by atoms with Gasteiger partial charge in [-0.05, 0) is 152 Å². The third-order valence-electron chi connectivity index (χ3n) is 13.7. The zero-order valence-electron chi connectivity index (χ0n) is 34.7. The Morgan fingerprint density at radius 3 is 1.42 bits per heavy atom. The highest BCUT2D eigenvalue weighted by Crippen LogP contribution is 2.47. The highest BCUT2D eigenvalue weighted by atomic mass is 16.3. The van der Waals surface area contributed by atoms with E-state index in [1.165, 1.54) is 86.5 Å². The molecule has 0 aliphatic rings. The van der Waals surface area contributed by atoms with Crippen molar-refractivity contribution in [2.45, 2.75) is 0 Å². The van der Waals surface area contributed by atoms with Gasteiger partial charge < -0.3 is 9.32 Å². The van der Waals surface area contributed by atoms with Gasteiger partial charge in [-0.2, -0.15) is 0 Å². The Morgan fingerprint density at radius 1 is 0.250 bits per heavy atom. The fourth-order valence-electron chi connectivity index (χ4n) is 10.8. The van der Waals surface area contributed by atoms with Gasteiger partial charge in [0.05, 0.1) is 0 Å². The summed E-state index contributed by atoms with van der Waals surface area (Å²) in [5, 5.41) is 20.0. The summed E-state index contributed by atoms with van der Waals surface area (Å²) in [5.41, 5.74) is 9.77. The molecule has 2 heteroatoms. The van der Waals surface area contributed by atoms with E-state index >= 15 is 0 Å². The van der Waals surface area contributed by atoms with Gasteiger partial charge in [0, 0.05) is 27.8 Å². The van der Waals surface area contributed by atoms with E-state index in [0.717, 1.165) is 50.1 Å². The first-order valence-electron chi connectivity index (χ1n) is 22.1. The third kappa shape index (κ3) is 5.20. The van der Waals surface area contributed by atoms with Gasteiger partial charge in [0.2, 0.25) is 0 Å². The molecule has 0 atom stereocenters. The van der Waals surface area contributed by atoms with Crippen LogP contribution >= 0.6 is 0 Å². The first kappa shape index (κ1) is 35.2. The summed E-state index contributed by atoms with van der Waals surface area (Å²) in [4.78, 5) is 2.43. The molecular formula is C62H37NO. The van der Waals surface area contributed by atoms with Crippen molar-refractivity contribution < 1.29 is 4.42 Å². The van der Waals surface area contributed by atoms with Crippen molar-refractivity contribution in [3.63, 3.8) is 0 Å². The summed E-state index contributed by atoms with van der Waals surface area (Å²) in [6.45, 7) is 0. The number of rotatable bonds is 5. The first-order chi connectivity index (χ1) is 31.7. The number of nitrogens with zero attached hydrogens (tertiary/aromatic N) is 1. The number of para-hydroxylation sites is 1. The Kier molecular flexibility index (Phi) is 7.43. The smallest absolute Gasteiger partial charge is 0.136 e. The van der Waals surface area contributed by atoms with Crippen LogP contribution in [0.5, 0.6) is 0 Å². The second kappa shape index (κ2) is 13.5. The molecular weight excluding hydrogens is 775 g/mol. The highest BCUT2D eigenvalue weighted by Gasteiger charge is 2.20. The molecule has 0 unspecified atom stereocenters. The van der Waals surface area contributed by atoms with Crippen LogP contribution in [-0.2, 0) is 0 Å². The molecule has 1 aromatic heterocycles. The van der Waals surface area contributed by atoms with Gasteiger partial charge in [0.15, 0.2) is 0 Å². The lowest BCUT2D eigenvalue weighted by Gasteiger charge is -2.27. The van der Waals surface area contributed by atoms with Gasteiger partial charge in [-0.15, -0.1) is 0 Å². The average Bonchev–Trinajstić information content (AvgIpc) is 3.74. The summed E-state index contributed by atoms with van der Waals surface area (Å²) < 4.78 is 6.31. The maximum atomic E-state index is 6.31. The fourth-order valence-corrected chi connectivity index (χ4v) is 10.8. The van der Waals surface area contributed by atoms with Crippen LogP contribution in [-0.4, -0.2) is 0 Å². The minimum atomic E-state index is 0.900. The number of fused-ring (bicyclic) bond motifs is 6. The predicted octanol–water partition coefficient (Wildman–Crippen LogP) is 17.9. The number of anilines is 3. The summed E-state index contributed by atoms with van der Waals surface area (Å²) in [6, 6.07) is 82.7. The van der Waals surface area contributed by atoms with Crippen molar-refractivity contribution in [3.05, 3.63) is 224 Å². The van der Waals surface area contributed by atoms with E-state index in [-0.39, 0.29) is 0 Å². The summed E-state index contributed by atoms with van der Waals surface area (Å²) >= 11 is 0. The molecule has 0 saturated carbocycles. The molecule has 0 N–H and O–H groups in total. The Labute approximate surface area is 368 Å². The lowest BCUT2D eigenvalue weighted by Crippen LogP contribution is -2.10. The van der Waals surface area contributed by atoms with Gasteiger partial charge in [0.25, 0.3) is 0 Å². The summed E-state index contributed by atoms with van der Waals surface area (Å²) in [7, 11) is 0. The molecule has 0 saturated heterocycles. The normalized spacial score (nSPS) is 12.1. The van der Waals surface area contributed by atoms with Crippen molar-refractivity contribution >= 4 is 114 Å². The Hall–Kier alpha value is -8.46. The first-order valence-corrected chi connectivity index (χ1v) is 22.1. The quantitative estimate of drug-likeness (QED) is 0.161. The zero-order valence-corrected chi connectivity index (χ0v) is 34.7. The summed E-state index contributed by atoms with van der Waals surface area (Å²) in [6.07, 6.45) is 0. The Balaban J connectivity index is 1.02. The second-order valence-electron chi connectivity index (χ2n) is 17.2. The Morgan fingerprint density at radius 2 is 0.734 bits per heavy atom. The standard InChI is InChI=1S/C62H37NO/c1-2-10-44-35-45(25-21-38(44)9-1)39-27-31-47(32-28-39)63(48-33-29-40(30-34-48)50-15-8-20-57-62(50)54-14-3-4-19-56(54)64-57)49-36-46-26-24-43-12-6-17-52-51-16-5-11-41-22-23-42-13-7-18-53(60(42)58(41)51)55(37-49)61(46)59(43)52/h1-37H. The van der Waals surface area contributed by atoms with Crippen molar-refractivity contribution in [1.29, 1.82) is 0 Å². The van der Waals surface area contributed by atoms with Crippen LogP contribution in [0.3, 0.4) is 0 Å². The molecule has 14 aromatic rings. The number of furan rings is 1. The van der Waals surface area contributed by atoms with E-state index in [2.05, 4.69) is 223 Å². The molecule has 13 aromatic carbocycles. The molecule has 64 heavy (non-hydrogen) atoms. The minimum Gasteiger partial charge on any atom is -0.456 e. The molecule has 14 rings (SSSR count). The number of benzene rings is 12.